The summed E-state index contributed by atoms with van der Waals surface area (Å²) in [6.07, 6.45) is 0. The Hall–Kier alpha value is -2.32. The molecule has 0 fully saturated rings. The van der Waals surface area contributed by atoms with E-state index in [-0.39, 0.29) is 36.1 Å². The molecule has 0 amide bonds. The number of rotatable bonds is 6. The maximum absolute atomic E-state index is 11.5. The van der Waals surface area contributed by atoms with Crippen LogP contribution in [0.25, 0.3) is 10.4 Å². The summed E-state index contributed by atoms with van der Waals surface area (Å²) in [5.41, 5.74) is 3.95. The van der Waals surface area contributed by atoms with Crippen molar-refractivity contribution in [3.8, 4) is 16.2 Å². The molecular formula is C22H19N2NaO4S. The molecule has 0 bridgehead atoms. The Morgan fingerprint density at radius 1 is 1.00 bits per heavy atom. The number of nitrogens with zero attached hydrogens (tertiary/aromatic N) is 2. The van der Waals surface area contributed by atoms with Crippen molar-refractivity contribution in [2.75, 3.05) is 0 Å². The minimum atomic E-state index is -0.883. The summed E-state index contributed by atoms with van der Waals surface area (Å²) >= 11 is 1.73. The number of ether oxygens (including phenoxy) is 1. The van der Waals surface area contributed by atoms with Crippen LogP contribution in [-0.2, 0) is 13.2 Å². The number of aryl methyl sites for hydroxylation is 2. The predicted molar refractivity (Wildman–Crippen MR) is 112 cm³/mol. The molecule has 0 saturated heterocycles. The Labute approximate surface area is 199 Å². The van der Waals surface area contributed by atoms with Crippen LogP contribution in [0.3, 0.4) is 0 Å². The molecule has 30 heavy (non-hydrogen) atoms. The normalized spacial score (nSPS) is 10.6. The van der Waals surface area contributed by atoms with Gasteiger partial charge >= 0.3 is 35.3 Å². The SMILES string of the molecule is Cc1cccc(C)c1-c1ccc(COc2ccc(Cn3oc(=O)[n-]c3=O)cc2)s1.[Na+]. The van der Waals surface area contributed by atoms with Gasteiger partial charge in [-0.3, -0.25) is 9.53 Å². The van der Waals surface area contributed by atoms with Crippen LogP contribution in [0.2, 0.25) is 0 Å². The van der Waals surface area contributed by atoms with Crippen molar-refractivity contribution in [3.05, 3.63) is 97.2 Å². The van der Waals surface area contributed by atoms with Crippen LogP contribution in [-0.4, -0.2) is 4.74 Å². The summed E-state index contributed by atoms with van der Waals surface area (Å²) in [5, 5.41) is 0. The van der Waals surface area contributed by atoms with Crippen molar-refractivity contribution in [2.45, 2.75) is 27.0 Å². The molecule has 0 aliphatic rings. The van der Waals surface area contributed by atoms with E-state index in [1.165, 1.54) is 21.6 Å². The second-order valence-corrected chi connectivity index (χ2v) is 7.92. The fourth-order valence-corrected chi connectivity index (χ4v) is 4.29. The van der Waals surface area contributed by atoms with Gasteiger partial charge in [-0.25, -0.2) is 4.79 Å². The van der Waals surface area contributed by atoms with Crippen molar-refractivity contribution in [3.63, 3.8) is 0 Å². The molecule has 0 spiro atoms. The Morgan fingerprint density at radius 2 is 1.70 bits per heavy atom. The zero-order valence-electron chi connectivity index (χ0n) is 17.0. The summed E-state index contributed by atoms with van der Waals surface area (Å²) < 4.78 is 11.5. The van der Waals surface area contributed by atoms with Crippen LogP contribution >= 0.6 is 11.3 Å². The fraction of sp³-hybridized carbons (Fsp3) is 0.182. The third-order valence-electron chi connectivity index (χ3n) is 4.61. The van der Waals surface area contributed by atoms with E-state index in [9.17, 15) is 9.59 Å². The first-order valence-electron chi connectivity index (χ1n) is 9.12. The monoisotopic (exact) mass is 430 g/mol. The molecule has 0 radical (unpaired) electrons. The van der Waals surface area contributed by atoms with Crippen molar-refractivity contribution in [1.82, 2.24) is 9.72 Å². The molecule has 8 heteroatoms. The standard InChI is InChI=1S/C22H20N2O4S.Na/c1-14-4-3-5-15(2)20(14)19-11-10-18(29-19)13-27-17-8-6-16(7-9-17)12-24-21(25)23-22(26)28-24;/h3-11H,12-13H2,1-2H3,(H,23,25,26);/q;+1/p-1. The second kappa shape index (κ2) is 9.66. The van der Waals surface area contributed by atoms with Gasteiger partial charge in [0, 0.05) is 16.3 Å². The van der Waals surface area contributed by atoms with Gasteiger partial charge in [0.1, 0.15) is 12.4 Å². The largest absolute Gasteiger partial charge is 1.00 e. The summed E-state index contributed by atoms with van der Waals surface area (Å²) in [7, 11) is 0. The van der Waals surface area contributed by atoms with E-state index in [2.05, 4.69) is 49.2 Å². The molecule has 0 aliphatic heterocycles. The number of benzene rings is 2. The molecule has 2 aromatic carbocycles. The zero-order chi connectivity index (χ0) is 20.4. The number of hydrogen-bond donors (Lipinski definition) is 0. The van der Waals surface area contributed by atoms with Gasteiger partial charge in [-0.2, -0.15) is 0 Å². The summed E-state index contributed by atoms with van der Waals surface area (Å²) in [4.78, 5) is 28.0. The predicted octanol–water partition coefficient (Wildman–Crippen LogP) is 0.735. The molecule has 0 N–H and O–H groups in total. The maximum atomic E-state index is 11.5. The van der Waals surface area contributed by atoms with Gasteiger partial charge in [0.15, 0.2) is 5.69 Å². The third kappa shape index (κ3) is 5.05. The van der Waals surface area contributed by atoms with Crippen LogP contribution in [0, 0.1) is 13.8 Å². The molecule has 148 valence electrons. The van der Waals surface area contributed by atoms with E-state index in [0.29, 0.717) is 6.61 Å². The van der Waals surface area contributed by atoms with Crippen molar-refractivity contribution in [2.24, 2.45) is 0 Å². The van der Waals surface area contributed by atoms with E-state index in [1.807, 2.05) is 24.3 Å². The Morgan fingerprint density at radius 3 is 2.33 bits per heavy atom. The Kier molecular flexibility index (Phi) is 7.20. The van der Waals surface area contributed by atoms with Gasteiger partial charge < -0.3 is 14.2 Å². The summed E-state index contributed by atoms with van der Waals surface area (Å²) in [6.45, 7) is 4.89. The number of hydrogen-bond acceptors (Lipinski definition) is 5. The van der Waals surface area contributed by atoms with E-state index in [1.54, 1.807) is 11.3 Å². The number of thiophene rings is 1. The van der Waals surface area contributed by atoms with Gasteiger partial charge in [0.05, 0.1) is 0 Å². The zero-order valence-corrected chi connectivity index (χ0v) is 19.9. The van der Waals surface area contributed by atoms with Gasteiger partial charge in [-0.1, -0.05) is 30.3 Å². The average Bonchev–Trinajstić information content (AvgIpc) is 3.27. The smallest absolute Gasteiger partial charge is 0.488 e. The second-order valence-electron chi connectivity index (χ2n) is 6.75. The van der Waals surface area contributed by atoms with E-state index < -0.39 is 11.4 Å². The van der Waals surface area contributed by atoms with E-state index in [4.69, 9.17) is 9.26 Å². The van der Waals surface area contributed by atoms with Gasteiger partial charge in [0.25, 0.3) is 0 Å². The first kappa shape index (κ1) is 22.4. The van der Waals surface area contributed by atoms with Gasteiger partial charge in [-0.15, -0.1) is 11.3 Å². The summed E-state index contributed by atoms with van der Waals surface area (Å²) in [6, 6.07) is 17.9. The molecule has 4 rings (SSSR count). The molecule has 2 heterocycles. The molecule has 2 aromatic heterocycles. The summed E-state index contributed by atoms with van der Waals surface area (Å²) in [5.74, 6) is -0.156. The van der Waals surface area contributed by atoms with E-state index >= 15 is 0 Å². The van der Waals surface area contributed by atoms with Crippen LogP contribution in [0.5, 0.6) is 5.75 Å². The van der Waals surface area contributed by atoms with Crippen molar-refractivity contribution < 1.29 is 38.8 Å². The molecule has 4 aromatic rings. The minimum absolute atomic E-state index is 0. The average molecular weight is 430 g/mol. The van der Waals surface area contributed by atoms with E-state index in [0.717, 1.165) is 20.9 Å². The molecule has 6 nitrogen and oxygen atoms in total. The first-order chi connectivity index (χ1) is 14.0. The van der Waals surface area contributed by atoms with Gasteiger partial charge in [-0.05, 0) is 60.4 Å². The quantitative estimate of drug-likeness (QED) is 0.422. The molecular weight excluding hydrogens is 411 g/mol. The van der Waals surface area contributed by atoms with Crippen LogP contribution < -0.4 is 50.7 Å². The molecule has 0 saturated carbocycles. The Balaban J connectivity index is 0.00000256. The van der Waals surface area contributed by atoms with Crippen LogP contribution in [0.15, 0.2) is 68.7 Å². The topological polar surface area (TPSA) is 75.5 Å². The third-order valence-corrected chi connectivity index (χ3v) is 5.68. The fourth-order valence-electron chi connectivity index (χ4n) is 3.19. The van der Waals surface area contributed by atoms with Gasteiger partial charge in [0.2, 0.25) is 0 Å². The molecule has 0 aliphatic carbocycles. The Bertz CT molecular complexity index is 1230. The van der Waals surface area contributed by atoms with Crippen LogP contribution in [0.4, 0.5) is 0 Å². The molecule has 0 atom stereocenters. The minimum Gasteiger partial charge on any atom is -0.488 e. The first-order valence-corrected chi connectivity index (χ1v) is 9.93. The van der Waals surface area contributed by atoms with Crippen molar-refractivity contribution >= 4 is 11.3 Å². The van der Waals surface area contributed by atoms with Crippen molar-refractivity contribution in [1.29, 1.82) is 0 Å². The number of aromatic nitrogens is 2. The maximum Gasteiger partial charge on any atom is 1.00 e. The molecule has 0 unspecified atom stereocenters. The van der Waals surface area contributed by atoms with Crippen LogP contribution in [0.1, 0.15) is 21.6 Å².